The smallest absolute Gasteiger partial charge is 0.000778 e. The molecule has 0 unspecified atom stereocenters. The van der Waals surface area contributed by atoms with Gasteiger partial charge in [-0.15, -0.1) is 0 Å². The molecule has 0 aromatic rings. The monoisotopic (exact) mass is 212 g/mol. The third kappa shape index (κ3) is 4.52. The molecule has 15 heavy (non-hydrogen) atoms. The van der Waals surface area contributed by atoms with Crippen LogP contribution in [0.2, 0.25) is 0 Å². The highest BCUT2D eigenvalue weighted by Crippen LogP contribution is 2.19. The first-order chi connectivity index (χ1) is 7.11. The fourth-order valence-electron chi connectivity index (χ4n) is 2.37. The minimum absolute atomic E-state index is 0.794. The van der Waals surface area contributed by atoms with Crippen LogP contribution in [0.5, 0.6) is 0 Å². The SMILES string of the molecule is CC(C)C(CNCCC1CNC1)C(C)C. The average Bonchev–Trinajstić information content (AvgIpc) is 2.06. The van der Waals surface area contributed by atoms with E-state index in [9.17, 15) is 0 Å². The molecule has 1 rings (SSSR count). The van der Waals surface area contributed by atoms with E-state index < -0.39 is 0 Å². The Balaban J connectivity index is 2.05. The Labute approximate surface area is 95.2 Å². The van der Waals surface area contributed by atoms with E-state index in [4.69, 9.17) is 0 Å². The van der Waals surface area contributed by atoms with Crippen LogP contribution in [0, 0.1) is 23.7 Å². The lowest BCUT2D eigenvalue weighted by Gasteiger charge is -2.28. The third-order valence-electron chi connectivity index (χ3n) is 3.69. The van der Waals surface area contributed by atoms with Gasteiger partial charge in [0.1, 0.15) is 0 Å². The molecule has 1 heterocycles. The van der Waals surface area contributed by atoms with Crippen molar-refractivity contribution in [1.82, 2.24) is 10.6 Å². The second kappa shape index (κ2) is 6.49. The zero-order valence-corrected chi connectivity index (χ0v) is 10.8. The summed E-state index contributed by atoms with van der Waals surface area (Å²) < 4.78 is 0. The molecule has 0 saturated carbocycles. The van der Waals surface area contributed by atoms with Crippen molar-refractivity contribution < 1.29 is 0 Å². The zero-order valence-electron chi connectivity index (χ0n) is 10.8. The van der Waals surface area contributed by atoms with Gasteiger partial charge < -0.3 is 10.6 Å². The summed E-state index contributed by atoms with van der Waals surface area (Å²) >= 11 is 0. The maximum Gasteiger partial charge on any atom is -0.000778 e. The predicted molar refractivity (Wildman–Crippen MR) is 67.0 cm³/mol. The fraction of sp³-hybridized carbons (Fsp3) is 1.00. The van der Waals surface area contributed by atoms with Crippen LogP contribution in [0.15, 0.2) is 0 Å². The molecule has 0 atom stereocenters. The Morgan fingerprint density at radius 2 is 1.73 bits per heavy atom. The topological polar surface area (TPSA) is 24.1 Å². The van der Waals surface area contributed by atoms with Gasteiger partial charge in [-0.25, -0.2) is 0 Å². The van der Waals surface area contributed by atoms with E-state index >= 15 is 0 Å². The second-order valence-corrected chi connectivity index (χ2v) is 5.67. The molecular weight excluding hydrogens is 184 g/mol. The van der Waals surface area contributed by atoms with Crippen LogP contribution < -0.4 is 10.6 Å². The highest BCUT2D eigenvalue weighted by Gasteiger charge is 2.18. The molecule has 90 valence electrons. The van der Waals surface area contributed by atoms with Crippen LogP contribution in [-0.2, 0) is 0 Å². The average molecular weight is 212 g/mol. The van der Waals surface area contributed by atoms with Crippen molar-refractivity contribution in [3.63, 3.8) is 0 Å². The van der Waals surface area contributed by atoms with Crippen LogP contribution in [0.3, 0.4) is 0 Å². The van der Waals surface area contributed by atoms with Crippen molar-refractivity contribution >= 4 is 0 Å². The van der Waals surface area contributed by atoms with E-state index in [2.05, 4.69) is 38.3 Å². The van der Waals surface area contributed by atoms with E-state index in [1.165, 1.54) is 32.6 Å². The first kappa shape index (κ1) is 13.0. The van der Waals surface area contributed by atoms with Gasteiger partial charge in [-0.3, -0.25) is 0 Å². The zero-order chi connectivity index (χ0) is 11.3. The minimum atomic E-state index is 0.794. The molecule has 0 spiro atoms. The van der Waals surface area contributed by atoms with E-state index in [1.807, 2.05) is 0 Å². The Morgan fingerprint density at radius 1 is 1.13 bits per heavy atom. The number of hydrogen-bond acceptors (Lipinski definition) is 2. The lowest BCUT2D eigenvalue weighted by molar-refractivity contribution is 0.266. The Hall–Kier alpha value is -0.0800. The lowest BCUT2D eigenvalue weighted by Crippen LogP contribution is -2.43. The molecule has 1 aliphatic heterocycles. The molecule has 0 bridgehead atoms. The summed E-state index contributed by atoms with van der Waals surface area (Å²) in [5.74, 6) is 3.35. The van der Waals surface area contributed by atoms with Crippen LogP contribution in [0.4, 0.5) is 0 Å². The molecule has 1 saturated heterocycles. The van der Waals surface area contributed by atoms with Gasteiger partial charge >= 0.3 is 0 Å². The van der Waals surface area contributed by atoms with Crippen LogP contribution in [-0.4, -0.2) is 26.2 Å². The number of hydrogen-bond donors (Lipinski definition) is 2. The molecule has 1 aliphatic rings. The largest absolute Gasteiger partial charge is 0.316 e. The van der Waals surface area contributed by atoms with Gasteiger partial charge in [0, 0.05) is 0 Å². The standard InChI is InChI=1S/C13H28N2/c1-10(2)13(11(3)4)9-14-6-5-12-7-15-8-12/h10-15H,5-9H2,1-4H3. The van der Waals surface area contributed by atoms with Crippen LogP contribution in [0.25, 0.3) is 0 Å². The molecule has 2 N–H and O–H groups in total. The summed E-state index contributed by atoms with van der Waals surface area (Å²) in [5, 5.41) is 6.94. The molecule has 0 aromatic carbocycles. The number of nitrogens with one attached hydrogen (secondary N) is 2. The maximum absolute atomic E-state index is 3.62. The van der Waals surface area contributed by atoms with Gasteiger partial charge in [0.05, 0.1) is 0 Å². The number of rotatable bonds is 7. The molecule has 2 heteroatoms. The highest BCUT2D eigenvalue weighted by molar-refractivity contribution is 4.76. The Kier molecular flexibility index (Phi) is 5.62. The second-order valence-electron chi connectivity index (χ2n) is 5.67. The predicted octanol–water partition coefficient (Wildman–Crippen LogP) is 2.11. The highest BCUT2D eigenvalue weighted by atomic mass is 15.0. The maximum atomic E-state index is 3.62. The van der Waals surface area contributed by atoms with Crippen molar-refractivity contribution in [1.29, 1.82) is 0 Å². The van der Waals surface area contributed by atoms with Crippen molar-refractivity contribution in [3.05, 3.63) is 0 Å². The van der Waals surface area contributed by atoms with Gasteiger partial charge in [0.25, 0.3) is 0 Å². The summed E-state index contributed by atoms with van der Waals surface area (Å²) in [6.07, 6.45) is 1.34. The summed E-state index contributed by atoms with van der Waals surface area (Å²) in [5.41, 5.74) is 0. The molecule has 0 radical (unpaired) electrons. The first-order valence-corrected chi connectivity index (χ1v) is 6.52. The van der Waals surface area contributed by atoms with Crippen LogP contribution in [0.1, 0.15) is 34.1 Å². The van der Waals surface area contributed by atoms with Gasteiger partial charge in [-0.05, 0) is 56.3 Å². The van der Waals surface area contributed by atoms with Crippen molar-refractivity contribution in [2.75, 3.05) is 26.2 Å². The normalized spacial score (nSPS) is 17.8. The quantitative estimate of drug-likeness (QED) is 0.632. The fourth-order valence-corrected chi connectivity index (χ4v) is 2.37. The van der Waals surface area contributed by atoms with Crippen molar-refractivity contribution in [3.8, 4) is 0 Å². The Morgan fingerprint density at radius 3 is 2.13 bits per heavy atom. The third-order valence-corrected chi connectivity index (χ3v) is 3.69. The van der Waals surface area contributed by atoms with E-state index in [-0.39, 0.29) is 0 Å². The molecule has 0 amide bonds. The summed E-state index contributed by atoms with van der Waals surface area (Å²) in [4.78, 5) is 0. The molecular formula is C13H28N2. The summed E-state index contributed by atoms with van der Waals surface area (Å²) in [6.45, 7) is 14.2. The van der Waals surface area contributed by atoms with Crippen LogP contribution >= 0.6 is 0 Å². The van der Waals surface area contributed by atoms with Crippen molar-refractivity contribution in [2.45, 2.75) is 34.1 Å². The van der Waals surface area contributed by atoms with Gasteiger partial charge in [-0.1, -0.05) is 27.7 Å². The minimum Gasteiger partial charge on any atom is -0.316 e. The van der Waals surface area contributed by atoms with E-state index in [0.29, 0.717) is 0 Å². The summed E-state index contributed by atoms with van der Waals surface area (Å²) in [7, 11) is 0. The van der Waals surface area contributed by atoms with E-state index in [1.54, 1.807) is 0 Å². The van der Waals surface area contributed by atoms with Gasteiger partial charge in [0.2, 0.25) is 0 Å². The lowest BCUT2D eigenvalue weighted by atomic mass is 9.85. The Bertz CT molecular complexity index is 154. The van der Waals surface area contributed by atoms with Crippen molar-refractivity contribution in [2.24, 2.45) is 23.7 Å². The van der Waals surface area contributed by atoms with Gasteiger partial charge in [0.15, 0.2) is 0 Å². The molecule has 0 aromatic heterocycles. The summed E-state index contributed by atoms with van der Waals surface area (Å²) in [6, 6.07) is 0. The first-order valence-electron chi connectivity index (χ1n) is 6.52. The molecule has 1 fully saturated rings. The van der Waals surface area contributed by atoms with E-state index in [0.717, 1.165) is 23.7 Å². The molecule has 0 aliphatic carbocycles. The molecule has 2 nitrogen and oxygen atoms in total. The van der Waals surface area contributed by atoms with Gasteiger partial charge in [-0.2, -0.15) is 0 Å².